The highest BCUT2D eigenvalue weighted by molar-refractivity contribution is 4.68. The van der Waals surface area contributed by atoms with Crippen LogP contribution in [0.25, 0.3) is 0 Å². The van der Waals surface area contributed by atoms with Gasteiger partial charge in [0.15, 0.2) is 0 Å². The lowest BCUT2D eigenvalue weighted by molar-refractivity contribution is 0.0350. The van der Waals surface area contributed by atoms with Gasteiger partial charge < -0.3 is 9.47 Å². The molecule has 0 aromatic heterocycles. The Labute approximate surface area is 119 Å². The topological polar surface area (TPSA) is 21.8 Å². The van der Waals surface area contributed by atoms with E-state index in [2.05, 4.69) is 0 Å². The van der Waals surface area contributed by atoms with Crippen LogP contribution in [0.4, 0.5) is 0 Å². The molecule has 0 amide bonds. The summed E-state index contributed by atoms with van der Waals surface area (Å²) < 4.78 is 11.3. The molecule has 2 fully saturated rings. The zero-order valence-corrected chi connectivity index (χ0v) is 12.6. The maximum Gasteiger partial charge on any atom is 0.0810 e. The Bertz CT molecular complexity index is 201. The molecular formula is C17H32O2. The van der Waals surface area contributed by atoms with Crippen molar-refractivity contribution in [1.82, 2.24) is 0 Å². The first-order chi connectivity index (χ1) is 9.45. The highest BCUT2D eigenvalue weighted by atomic mass is 16.6. The van der Waals surface area contributed by atoms with Gasteiger partial charge in [0.05, 0.1) is 18.8 Å². The van der Waals surface area contributed by atoms with E-state index in [0.717, 1.165) is 13.2 Å². The van der Waals surface area contributed by atoms with Crippen molar-refractivity contribution < 1.29 is 9.47 Å². The van der Waals surface area contributed by atoms with Crippen molar-refractivity contribution in [2.75, 3.05) is 13.2 Å². The molecule has 0 bridgehead atoms. The van der Waals surface area contributed by atoms with E-state index in [1.807, 2.05) is 0 Å². The summed E-state index contributed by atoms with van der Waals surface area (Å²) in [6, 6.07) is 0. The quantitative estimate of drug-likeness (QED) is 0.525. The molecule has 1 unspecified atom stereocenters. The van der Waals surface area contributed by atoms with Crippen LogP contribution in [0.5, 0.6) is 0 Å². The van der Waals surface area contributed by atoms with E-state index in [4.69, 9.17) is 9.47 Å². The van der Waals surface area contributed by atoms with Crippen LogP contribution >= 0.6 is 0 Å². The normalized spacial score (nSPS) is 27.5. The van der Waals surface area contributed by atoms with Crippen LogP contribution in [0.3, 0.4) is 0 Å². The molecule has 1 atom stereocenters. The SMILES string of the molecule is C1CCCCCC(OCCCC2CO2)CCCCC1. The van der Waals surface area contributed by atoms with Gasteiger partial charge in [-0.3, -0.25) is 0 Å². The van der Waals surface area contributed by atoms with Crippen LogP contribution in [0.2, 0.25) is 0 Å². The Morgan fingerprint density at radius 1 is 0.789 bits per heavy atom. The summed E-state index contributed by atoms with van der Waals surface area (Å²) in [7, 11) is 0. The second-order valence-corrected chi connectivity index (χ2v) is 6.35. The van der Waals surface area contributed by atoms with Gasteiger partial charge in [-0.15, -0.1) is 0 Å². The standard InChI is InChI=1S/C17H32O2/c1-2-4-6-8-11-16(12-9-7-5-3-1)18-14-10-13-17-15-19-17/h16-17H,1-15H2. The summed E-state index contributed by atoms with van der Waals surface area (Å²) in [5.74, 6) is 0. The second-order valence-electron chi connectivity index (χ2n) is 6.35. The molecule has 0 aromatic carbocycles. The predicted octanol–water partition coefficient (Wildman–Crippen LogP) is 4.86. The molecule has 1 aliphatic carbocycles. The molecule has 0 radical (unpaired) electrons. The van der Waals surface area contributed by atoms with E-state index in [1.165, 1.54) is 83.5 Å². The lowest BCUT2D eigenvalue weighted by Gasteiger charge is -2.18. The molecule has 1 saturated carbocycles. The third-order valence-electron chi connectivity index (χ3n) is 4.48. The number of ether oxygens (including phenoxy) is 2. The van der Waals surface area contributed by atoms with Crippen molar-refractivity contribution in [1.29, 1.82) is 0 Å². The van der Waals surface area contributed by atoms with E-state index in [1.54, 1.807) is 0 Å². The average Bonchev–Trinajstić information content (AvgIpc) is 3.21. The van der Waals surface area contributed by atoms with Crippen molar-refractivity contribution in [3.8, 4) is 0 Å². The summed E-state index contributed by atoms with van der Waals surface area (Å²) in [6.45, 7) is 1.94. The highest BCUT2D eigenvalue weighted by Gasteiger charge is 2.21. The van der Waals surface area contributed by atoms with Crippen LogP contribution in [0.15, 0.2) is 0 Å². The molecule has 1 aliphatic heterocycles. The Morgan fingerprint density at radius 2 is 1.32 bits per heavy atom. The molecule has 2 rings (SSSR count). The molecule has 1 saturated heterocycles. The first-order valence-corrected chi connectivity index (χ1v) is 8.68. The van der Waals surface area contributed by atoms with Crippen LogP contribution < -0.4 is 0 Å². The molecule has 2 heteroatoms. The molecule has 112 valence electrons. The Morgan fingerprint density at radius 3 is 1.84 bits per heavy atom. The van der Waals surface area contributed by atoms with E-state index in [0.29, 0.717) is 12.2 Å². The van der Waals surface area contributed by atoms with Gasteiger partial charge >= 0.3 is 0 Å². The number of hydrogen-bond acceptors (Lipinski definition) is 2. The minimum absolute atomic E-state index is 0.541. The zero-order chi connectivity index (χ0) is 13.2. The molecule has 2 nitrogen and oxygen atoms in total. The monoisotopic (exact) mass is 268 g/mol. The fourth-order valence-electron chi connectivity index (χ4n) is 3.09. The largest absolute Gasteiger partial charge is 0.378 e. The Balaban J connectivity index is 1.56. The van der Waals surface area contributed by atoms with Crippen LogP contribution in [0, 0.1) is 0 Å². The predicted molar refractivity (Wildman–Crippen MR) is 79.5 cm³/mol. The molecule has 2 aliphatic rings. The Hall–Kier alpha value is -0.0800. The van der Waals surface area contributed by atoms with Crippen molar-refractivity contribution in [3.05, 3.63) is 0 Å². The third-order valence-corrected chi connectivity index (χ3v) is 4.48. The van der Waals surface area contributed by atoms with Gasteiger partial charge in [0.1, 0.15) is 0 Å². The Kier molecular flexibility index (Phi) is 7.87. The van der Waals surface area contributed by atoms with Crippen LogP contribution in [-0.2, 0) is 9.47 Å². The summed E-state index contributed by atoms with van der Waals surface area (Å²) in [4.78, 5) is 0. The van der Waals surface area contributed by atoms with Crippen molar-refractivity contribution in [2.24, 2.45) is 0 Å². The lowest BCUT2D eigenvalue weighted by atomic mass is 9.99. The second kappa shape index (κ2) is 9.77. The lowest BCUT2D eigenvalue weighted by Crippen LogP contribution is -2.14. The molecule has 0 aromatic rings. The highest BCUT2D eigenvalue weighted by Crippen LogP contribution is 2.20. The van der Waals surface area contributed by atoms with E-state index in [-0.39, 0.29) is 0 Å². The molecule has 0 N–H and O–H groups in total. The van der Waals surface area contributed by atoms with E-state index < -0.39 is 0 Å². The third kappa shape index (κ3) is 7.94. The fraction of sp³-hybridized carbons (Fsp3) is 1.00. The maximum absolute atomic E-state index is 6.11. The summed E-state index contributed by atoms with van der Waals surface area (Å²) in [5.41, 5.74) is 0. The van der Waals surface area contributed by atoms with Gasteiger partial charge in [-0.05, 0) is 25.7 Å². The van der Waals surface area contributed by atoms with Gasteiger partial charge in [0, 0.05) is 6.61 Å². The number of rotatable bonds is 5. The van der Waals surface area contributed by atoms with Crippen LogP contribution in [0.1, 0.15) is 83.5 Å². The van der Waals surface area contributed by atoms with Crippen molar-refractivity contribution in [2.45, 2.75) is 95.7 Å². The van der Waals surface area contributed by atoms with Gasteiger partial charge in [0.2, 0.25) is 0 Å². The summed E-state index contributed by atoms with van der Waals surface area (Å²) in [6.07, 6.45) is 18.9. The van der Waals surface area contributed by atoms with Gasteiger partial charge in [-0.2, -0.15) is 0 Å². The molecule has 0 spiro atoms. The maximum atomic E-state index is 6.11. The van der Waals surface area contributed by atoms with E-state index >= 15 is 0 Å². The zero-order valence-electron chi connectivity index (χ0n) is 12.6. The van der Waals surface area contributed by atoms with E-state index in [9.17, 15) is 0 Å². The van der Waals surface area contributed by atoms with Crippen LogP contribution in [-0.4, -0.2) is 25.4 Å². The van der Waals surface area contributed by atoms with Gasteiger partial charge in [-0.25, -0.2) is 0 Å². The molecule has 1 heterocycles. The smallest absolute Gasteiger partial charge is 0.0810 e. The minimum Gasteiger partial charge on any atom is -0.378 e. The van der Waals surface area contributed by atoms with Gasteiger partial charge in [-0.1, -0.05) is 57.8 Å². The summed E-state index contributed by atoms with van der Waals surface area (Å²) in [5, 5.41) is 0. The fourth-order valence-corrected chi connectivity index (χ4v) is 3.09. The number of epoxide rings is 1. The van der Waals surface area contributed by atoms with Crippen molar-refractivity contribution in [3.63, 3.8) is 0 Å². The van der Waals surface area contributed by atoms with Crippen molar-refractivity contribution >= 4 is 0 Å². The molecular weight excluding hydrogens is 236 g/mol. The van der Waals surface area contributed by atoms with Gasteiger partial charge in [0.25, 0.3) is 0 Å². The minimum atomic E-state index is 0.541. The molecule has 19 heavy (non-hydrogen) atoms. The average molecular weight is 268 g/mol. The number of hydrogen-bond donors (Lipinski definition) is 0. The first kappa shape index (κ1) is 15.3. The summed E-state index contributed by atoms with van der Waals surface area (Å²) >= 11 is 0. The first-order valence-electron chi connectivity index (χ1n) is 8.68.